The Labute approximate surface area is 253 Å². The number of nitrogens with one attached hydrogen (secondary N) is 1. The third-order valence-corrected chi connectivity index (χ3v) is 9.06. The van der Waals surface area contributed by atoms with Gasteiger partial charge in [-0.1, -0.05) is 85.9 Å². The van der Waals surface area contributed by atoms with E-state index in [-0.39, 0.29) is 23.3 Å². The van der Waals surface area contributed by atoms with Crippen molar-refractivity contribution in [3.63, 3.8) is 0 Å². The van der Waals surface area contributed by atoms with E-state index in [2.05, 4.69) is 5.32 Å². The Morgan fingerprint density at radius 3 is 2.20 bits per heavy atom. The molecule has 0 fully saturated rings. The summed E-state index contributed by atoms with van der Waals surface area (Å²) >= 11 is 12.6. The molecule has 7 nitrogen and oxygen atoms in total. The molecule has 10 heteroatoms. The maximum absolute atomic E-state index is 14.2. The number of hydrogen-bond donors (Lipinski definition) is 1. The molecule has 1 atom stereocenters. The van der Waals surface area contributed by atoms with Gasteiger partial charge in [-0.2, -0.15) is 0 Å². The molecule has 0 bridgehead atoms. The molecule has 0 radical (unpaired) electrons. The summed E-state index contributed by atoms with van der Waals surface area (Å²) in [6, 6.07) is 17.5. The van der Waals surface area contributed by atoms with Crippen LogP contribution in [0.15, 0.2) is 71.6 Å². The first-order valence-corrected chi connectivity index (χ1v) is 15.7. The van der Waals surface area contributed by atoms with Gasteiger partial charge in [0.15, 0.2) is 0 Å². The summed E-state index contributed by atoms with van der Waals surface area (Å²) < 4.78 is 29.1. The second-order valence-corrected chi connectivity index (χ2v) is 13.1. The normalized spacial score (nSPS) is 12.2. The number of halogens is 2. The molecule has 0 spiro atoms. The van der Waals surface area contributed by atoms with Gasteiger partial charge in [-0.3, -0.25) is 13.9 Å². The summed E-state index contributed by atoms with van der Waals surface area (Å²) in [6.07, 6.45) is 0.315. The zero-order chi connectivity index (χ0) is 30.3. The molecule has 1 unspecified atom stereocenters. The zero-order valence-corrected chi connectivity index (χ0v) is 26.4. The van der Waals surface area contributed by atoms with Crippen LogP contribution in [0.4, 0.5) is 5.69 Å². The van der Waals surface area contributed by atoms with E-state index in [0.29, 0.717) is 39.8 Å². The second-order valence-electron chi connectivity index (χ2n) is 10.4. The van der Waals surface area contributed by atoms with E-state index in [1.54, 1.807) is 61.5 Å². The number of carbonyl (C=O) groups excluding carboxylic acids is 2. The summed E-state index contributed by atoms with van der Waals surface area (Å²) in [7, 11) is -4.14. The highest BCUT2D eigenvalue weighted by Crippen LogP contribution is 2.29. The van der Waals surface area contributed by atoms with E-state index in [1.165, 1.54) is 17.0 Å². The maximum atomic E-state index is 14.2. The fourth-order valence-corrected chi connectivity index (χ4v) is 6.32. The highest BCUT2D eigenvalue weighted by molar-refractivity contribution is 7.92. The van der Waals surface area contributed by atoms with Gasteiger partial charge >= 0.3 is 0 Å². The van der Waals surface area contributed by atoms with Crippen LogP contribution >= 0.6 is 23.2 Å². The number of carbonyl (C=O) groups is 2. The molecule has 0 heterocycles. The lowest BCUT2D eigenvalue weighted by atomic mass is 10.1. The number of sulfonamides is 1. The molecule has 1 N–H and O–H groups in total. The first-order chi connectivity index (χ1) is 19.3. The molecule has 3 aromatic carbocycles. The number of aryl methyl sites for hydroxylation is 2. The number of para-hydroxylation sites is 1. The zero-order valence-electron chi connectivity index (χ0n) is 24.0. The van der Waals surface area contributed by atoms with E-state index in [0.717, 1.165) is 9.87 Å². The Hall–Kier alpha value is -3.07. The fraction of sp³-hybridized carbons (Fsp3) is 0.355. The number of rotatable bonds is 12. The summed E-state index contributed by atoms with van der Waals surface area (Å²) in [5.74, 6) is -0.646. The van der Waals surface area contributed by atoms with Gasteiger partial charge in [0.05, 0.1) is 10.6 Å². The van der Waals surface area contributed by atoms with Crippen LogP contribution in [-0.4, -0.2) is 44.3 Å². The predicted octanol–water partition coefficient (Wildman–Crippen LogP) is 6.39. The Balaban J connectivity index is 2.08. The van der Waals surface area contributed by atoms with Crippen LogP contribution in [-0.2, 0) is 26.2 Å². The average molecular weight is 619 g/mol. The molecule has 0 aliphatic carbocycles. The van der Waals surface area contributed by atoms with Gasteiger partial charge in [0.2, 0.25) is 11.8 Å². The van der Waals surface area contributed by atoms with E-state index >= 15 is 0 Å². The highest BCUT2D eigenvalue weighted by atomic mass is 35.5. The maximum Gasteiger partial charge on any atom is 0.264 e. The van der Waals surface area contributed by atoms with Crippen molar-refractivity contribution in [1.29, 1.82) is 0 Å². The van der Waals surface area contributed by atoms with Crippen LogP contribution < -0.4 is 9.62 Å². The molecule has 3 rings (SSSR count). The average Bonchev–Trinajstić information content (AvgIpc) is 2.92. The largest absolute Gasteiger partial charge is 0.354 e. The number of anilines is 1. The van der Waals surface area contributed by atoms with Crippen LogP contribution in [0.3, 0.4) is 0 Å². The van der Waals surface area contributed by atoms with E-state index < -0.39 is 28.5 Å². The molecule has 0 aliphatic rings. The van der Waals surface area contributed by atoms with Crippen LogP contribution in [0.1, 0.15) is 43.9 Å². The summed E-state index contributed by atoms with van der Waals surface area (Å²) in [5, 5.41) is 3.70. The lowest BCUT2D eigenvalue weighted by molar-refractivity contribution is -0.140. The SMILES string of the molecule is CCC(C(=O)NCC(C)C)N(Cc1ccc(Cl)cc1Cl)C(=O)CN(c1ccccc1C)S(=O)(=O)c1ccc(C)cc1. The van der Waals surface area contributed by atoms with Gasteiger partial charge in [-0.15, -0.1) is 0 Å². The van der Waals surface area contributed by atoms with Crippen LogP contribution in [0.25, 0.3) is 0 Å². The lowest BCUT2D eigenvalue weighted by Crippen LogP contribution is -2.52. The molecule has 0 saturated carbocycles. The van der Waals surface area contributed by atoms with Crippen molar-refractivity contribution in [3.05, 3.63) is 93.5 Å². The summed E-state index contributed by atoms with van der Waals surface area (Å²) in [4.78, 5) is 29.0. The molecule has 220 valence electrons. The van der Waals surface area contributed by atoms with Crippen LogP contribution in [0.2, 0.25) is 10.0 Å². The number of amides is 2. The lowest BCUT2D eigenvalue weighted by Gasteiger charge is -2.34. The summed E-state index contributed by atoms with van der Waals surface area (Å²) in [5.41, 5.74) is 2.56. The van der Waals surface area contributed by atoms with Crippen molar-refractivity contribution in [2.24, 2.45) is 5.92 Å². The first kappa shape index (κ1) is 32.4. The third kappa shape index (κ3) is 8.24. The van der Waals surface area contributed by atoms with Gasteiger partial charge < -0.3 is 10.2 Å². The molecular weight excluding hydrogens is 581 g/mol. The smallest absolute Gasteiger partial charge is 0.264 e. The number of nitrogens with zero attached hydrogens (tertiary/aromatic N) is 2. The van der Waals surface area contributed by atoms with Crippen molar-refractivity contribution in [3.8, 4) is 0 Å². The molecule has 0 aromatic heterocycles. The highest BCUT2D eigenvalue weighted by Gasteiger charge is 2.34. The Morgan fingerprint density at radius 2 is 1.61 bits per heavy atom. The molecular formula is C31H37Cl2N3O4S. The van der Waals surface area contributed by atoms with Gasteiger partial charge in [-0.05, 0) is 67.6 Å². The Morgan fingerprint density at radius 1 is 0.951 bits per heavy atom. The van der Waals surface area contributed by atoms with Crippen molar-refractivity contribution in [1.82, 2.24) is 10.2 Å². The fourth-order valence-electron chi connectivity index (χ4n) is 4.37. The minimum Gasteiger partial charge on any atom is -0.354 e. The standard InChI is InChI=1S/C31H37Cl2N3O4S/c1-6-28(31(38)34-18-21(2)3)35(19-24-13-14-25(32)17-27(24)33)30(37)20-36(29-10-8-7-9-23(29)5)41(39,40)26-15-11-22(4)12-16-26/h7-17,21,28H,6,18-20H2,1-5H3,(H,34,38). The minimum absolute atomic E-state index is 0.00533. The number of hydrogen-bond acceptors (Lipinski definition) is 4. The van der Waals surface area contributed by atoms with Crippen molar-refractivity contribution in [2.75, 3.05) is 17.4 Å². The van der Waals surface area contributed by atoms with E-state index in [9.17, 15) is 18.0 Å². The van der Waals surface area contributed by atoms with Crippen LogP contribution in [0.5, 0.6) is 0 Å². The van der Waals surface area contributed by atoms with Crippen molar-refractivity contribution < 1.29 is 18.0 Å². The van der Waals surface area contributed by atoms with Gasteiger partial charge in [0, 0.05) is 23.1 Å². The molecule has 0 aliphatic heterocycles. The van der Waals surface area contributed by atoms with Crippen LogP contribution in [0, 0.1) is 19.8 Å². The number of benzene rings is 3. The summed E-state index contributed by atoms with van der Waals surface area (Å²) in [6.45, 7) is 9.35. The van der Waals surface area contributed by atoms with Gasteiger partial charge in [0.1, 0.15) is 12.6 Å². The quantitative estimate of drug-likeness (QED) is 0.255. The molecule has 3 aromatic rings. The monoisotopic (exact) mass is 617 g/mol. The Bertz CT molecular complexity index is 1480. The topological polar surface area (TPSA) is 86.8 Å². The molecule has 0 saturated heterocycles. The van der Waals surface area contributed by atoms with E-state index in [1.807, 2.05) is 27.7 Å². The third-order valence-electron chi connectivity index (χ3n) is 6.70. The minimum atomic E-state index is -4.14. The predicted molar refractivity (Wildman–Crippen MR) is 166 cm³/mol. The molecule has 41 heavy (non-hydrogen) atoms. The van der Waals surface area contributed by atoms with Crippen molar-refractivity contribution in [2.45, 2.75) is 58.5 Å². The van der Waals surface area contributed by atoms with E-state index in [4.69, 9.17) is 23.2 Å². The molecule has 2 amide bonds. The second kappa shape index (κ2) is 14.2. The van der Waals surface area contributed by atoms with Gasteiger partial charge in [-0.25, -0.2) is 8.42 Å². The van der Waals surface area contributed by atoms with Crippen molar-refractivity contribution >= 4 is 50.7 Å². The first-order valence-electron chi connectivity index (χ1n) is 13.5. The van der Waals surface area contributed by atoms with Gasteiger partial charge in [0.25, 0.3) is 10.0 Å². The Kier molecular flexibility index (Phi) is 11.2.